The fourth-order valence-corrected chi connectivity index (χ4v) is 5.32. The number of aromatic nitrogens is 1. The summed E-state index contributed by atoms with van der Waals surface area (Å²) in [7, 11) is -3.23. The van der Waals surface area contributed by atoms with Gasteiger partial charge in [0.2, 0.25) is 5.91 Å². The highest BCUT2D eigenvalue weighted by Crippen LogP contribution is 2.29. The predicted octanol–water partition coefficient (Wildman–Crippen LogP) is 4.25. The van der Waals surface area contributed by atoms with Gasteiger partial charge >= 0.3 is 0 Å². The predicted molar refractivity (Wildman–Crippen MR) is 111 cm³/mol. The third-order valence-electron chi connectivity index (χ3n) is 4.16. The number of anilines is 1. The molecule has 3 rings (SSSR count). The minimum atomic E-state index is -3.23. The quantitative estimate of drug-likeness (QED) is 0.641. The molecule has 142 valence electrons. The summed E-state index contributed by atoms with van der Waals surface area (Å²) in [5.74, 6) is -0.210. The van der Waals surface area contributed by atoms with E-state index in [4.69, 9.17) is 0 Å². The van der Waals surface area contributed by atoms with Gasteiger partial charge in [-0.2, -0.15) is 0 Å². The summed E-state index contributed by atoms with van der Waals surface area (Å²) in [6.07, 6.45) is 0.450. The lowest BCUT2D eigenvalue weighted by Gasteiger charge is -2.05. The number of nitrogens with one attached hydrogen (secondary N) is 1. The number of fused-ring (bicyclic) bond motifs is 1. The Bertz CT molecular complexity index is 1060. The fraction of sp³-hybridized carbons (Fsp3) is 0.300. The average Bonchev–Trinajstić information content (AvgIpc) is 2.97. The number of carbonyl (C=O) groups is 1. The lowest BCUT2D eigenvalue weighted by Crippen LogP contribution is -2.15. The van der Waals surface area contributed by atoms with E-state index in [9.17, 15) is 13.2 Å². The van der Waals surface area contributed by atoms with Crippen molar-refractivity contribution in [3.8, 4) is 0 Å². The van der Waals surface area contributed by atoms with E-state index in [1.54, 1.807) is 12.1 Å². The molecule has 2 aromatic carbocycles. The van der Waals surface area contributed by atoms with Crippen molar-refractivity contribution in [1.29, 1.82) is 0 Å². The van der Waals surface area contributed by atoms with Gasteiger partial charge in [-0.1, -0.05) is 47.7 Å². The van der Waals surface area contributed by atoms with E-state index < -0.39 is 9.84 Å². The molecule has 0 saturated heterocycles. The number of carbonyl (C=O) groups excluding carboxylic acids is 1. The van der Waals surface area contributed by atoms with Gasteiger partial charge in [-0.3, -0.25) is 4.79 Å². The maximum absolute atomic E-state index is 12.2. The molecule has 27 heavy (non-hydrogen) atoms. The Morgan fingerprint density at radius 2 is 1.89 bits per heavy atom. The molecule has 1 N–H and O–H groups in total. The van der Waals surface area contributed by atoms with Crippen molar-refractivity contribution in [3.05, 3.63) is 59.2 Å². The number of sulfone groups is 1. The highest BCUT2D eigenvalue weighted by Gasteiger charge is 2.14. The molecule has 0 aliphatic heterocycles. The van der Waals surface area contributed by atoms with Gasteiger partial charge in [-0.15, -0.1) is 0 Å². The first-order valence-electron chi connectivity index (χ1n) is 8.74. The molecule has 0 bridgehead atoms. The van der Waals surface area contributed by atoms with Gasteiger partial charge in [-0.25, -0.2) is 13.4 Å². The Morgan fingerprint density at radius 1 is 1.15 bits per heavy atom. The number of amides is 1. The molecule has 0 aliphatic carbocycles. The summed E-state index contributed by atoms with van der Waals surface area (Å²) < 4.78 is 25.4. The van der Waals surface area contributed by atoms with Gasteiger partial charge in [0, 0.05) is 6.42 Å². The molecule has 0 unspecified atom stereocenters. The van der Waals surface area contributed by atoms with E-state index >= 15 is 0 Å². The number of rotatable bonds is 7. The second-order valence-electron chi connectivity index (χ2n) is 6.68. The summed E-state index contributed by atoms with van der Waals surface area (Å²) in [4.78, 5) is 16.6. The topological polar surface area (TPSA) is 76.1 Å². The second kappa shape index (κ2) is 8.19. The molecular weight excluding hydrogens is 380 g/mol. The standard InChI is InChI=1S/C20H22N2O3S2/c1-14-11-15(2)19-17(12-14)21-20(26-19)22-18(23)9-6-10-27(24,25)13-16-7-4-3-5-8-16/h3-5,7-8,11-12H,6,9-10,13H2,1-2H3,(H,21,22,23). The van der Waals surface area contributed by atoms with Gasteiger partial charge in [0.15, 0.2) is 15.0 Å². The largest absolute Gasteiger partial charge is 0.302 e. The zero-order valence-electron chi connectivity index (χ0n) is 15.4. The van der Waals surface area contributed by atoms with E-state index in [1.165, 1.54) is 11.3 Å². The number of hydrogen-bond acceptors (Lipinski definition) is 5. The first-order chi connectivity index (χ1) is 12.8. The Kier molecular flexibility index (Phi) is 5.92. The zero-order chi connectivity index (χ0) is 19.4. The van der Waals surface area contributed by atoms with Crippen LogP contribution in [0.25, 0.3) is 10.2 Å². The molecule has 5 nitrogen and oxygen atoms in total. The van der Waals surface area contributed by atoms with Crippen LogP contribution in [-0.4, -0.2) is 25.1 Å². The number of nitrogens with zero attached hydrogens (tertiary/aromatic N) is 1. The van der Waals surface area contributed by atoms with Crippen LogP contribution < -0.4 is 5.32 Å². The zero-order valence-corrected chi connectivity index (χ0v) is 17.0. The minimum Gasteiger partial charge on any atom is -0.302 e. The highest BCUT2D eigenvalue weighted by atomic mass is 32.2. The second-order valence-corrected chi connectivity index (χ2v) is 9.86. The van der Waals surface area contributed by atoms with Crippen LogP contribution in [-0.2, 0) is 20.4 Å². The van der Waals surface area contributed by atoms with Crippen molar-refractivity contribution in [1.82, 2.24) is 4.98 Å². The maximum atomic E-state index is 12.2. The maximum Gasteiger partial charge on any atom is 0.226 e. The molecule has 7 heteroatoms. The van der Waals surface area contributed by atoms with Crippen LogP contribution in [0.5, 0.6) is 0 Å². The molecule has 1 amide bonds. The third kappa shape index (κ3) is 5.37. The van der Waals surface area contributed by atoms with Crippen molar-refractivity contribution in [3.63, 3.8) is 0 Å². The number of hydrogen-bond donors (Lipinski definition) is 1. The molecule has 0 saturated carbocycles. The van der Waals surface area contributed by atoms with Crippen molar-refractivity contribution >= 4 is 42.4 Å². The molecule has 0 aliphatic rings. The summed E-state index contributed by atoms with van der Waals surface area (Å²) in [5, 5.41) is 3.34. The summed E-state index contributed by atoms with van der Waals surface area (Å²) in [6.45, 7) is 4.04. The molecule has 3 aromatic rings. The first kappa shape index (κ1) is 19.5. The molecule has 0 atom stereocenters. The monoisotopic (exact) mass is 402 g/mol. The number of thiazole rings is 1. The van der Waals surface area contributed by atoms with Gasteiger partial charge in [0.1, 0.15) is 0 Å². The van der Waals surface area contributed by atoms with Crippen LogP contribution in [0.3, 0.4) is 0 Å². The van der Waals surface area contributed by atoms with Crippen LogP contribution in [0.4, 0.5) is 5.13 Å². The molecule has 0 fully saturated rings. The lowest BCUT2D eigenvalue weighted by molar-refractivity contribution is -0.116. The van der Waals surface area contributed by atoms with Crippen molar-refractivity contribution in [2.75, 3.05) is 11.1 Å². The van der Waals surface area contributed by atoms with Gasteiger partial charge in [-0.05, 0) is 43.0 Å². The first-order valence-corrected chi connectivity index (χ1v) is 11.4. The normalized spacial score (nSPS) is 11.6. The van der Waals surface area contributed by atoms with E-state index in [0.717, 1.165) is 26.9 Å². The van der Waals surface area contributed by atoms with Crippen LogP contribution in [0.1, 0.15) is 29.5 Å². The van der Waals surface area contributed by atoms with Crippen molar-refractivity contribution < 1.29 is 13.2 Å². The van der Waals surface area contributed by atoms with Gasteiger partial charge in [0.25, 0.3) is 0 Å². The molecule has 1 heterocycles. The van der Waals surface area contributed by atoms with Crippen LogP contribution in [0.2, 0.25) is 0 Å². The number of aryl methyl sites for hydroxylation is 2. The average molecular weight is 403 g/mol. The molecule has 0 spiro atoms. The Balaban J connectivity index is 1.53. The van der Waals surface area contributed by atoms with Crippen molar-refractivity contribution in [2.24, 2.45) is 0 Å². The Labute approximate surface area is 163 Å². The minimum absolute atomic E-state index is 0.00591. The lowest BCUT2D eigenvalue weighted by atomic mass is 10.1. The van der Waals surface area contributed by atoms with E-state index in [-0.39, 0.29) is 23.8 Å². The fourth-order valence-electron chi connectivity index (χ4n) is 2.96. The van der Waals surface area contributed by atoms with Crippen LogP contribution in [0.15, 0.2) is 42.5 Å². The smallest absolute Gasteiger partial charge is 0.226 e. The van der Waals surface area contributed by atoms with E-state index in [0.29, 0.717) is 11.6 Å². The molecule has 1 aromatic heterocycles. The van der Waals surface area contributed by atoms with Crippen LogP contribution in [0, 0.1) is 13.8 Å². The van der Waals surface area contributed by atoms with Crippen molar-refractivity contribution in [2.45, 2.75) is 32.4 Å². The highest BCUT2D eigenvalue weighted by molar-refractivity contribution is 7.90. The summed E-state index contributed by atoms with van der Waals surface area (Å²) in [6, 6.07) is 13.2. The Morgan fingerprint density at radius 3 is 2.63 bits per heavy atom. The van der Waals surface area contributed by atoms with E-state index in [1.807, 2.05) is 38.1 Å². The molecular formula is C20H22N2O3S2. The SMILES string of the molecule is Cc1cc(C)c2sc(NC(=O)CCCS(=O)(=O)Cc3ccccc3)nc2c1. The third-order valence-corrected chi connectivity index (χ3v) is 6.96. The van der Waals surface area contributed by atoms with Gasteiger partial charge in [0.05, 0.1) is 21.7 Å². The molecule has 0 radical (unpaired) electrons. The summed E-state index contributed by atoms with van der Waals surface area (Å²) in [5.41, 5.74) is 3.90. The number of benzene rings is 2. The van der Waals surface area contributed by atoms with Gasteiger partial charge < -0.3 is 5.32 Å². The van der Waals surface area contributed by atoms with E-state index in [2.05, 4.69) is 16.4 Å². The van der Waals surface area contributed by atoms with Crippen LogP contribution >= 0.6 is 11.3 Å². The Hall–Kier alpha value is -2.25. The summed E-state index contributed by atoms with van der Waals surface area (Å²) >= 11 is 1.44.